The van der Waals surface area contributed by atoms with Gasteiger partial charge in [-0.15, -0.1) is 0 Å². The minimum atomic E-state index is -0.157. The molecule has 14 heavy (non-hydrogen) atoms. The maximum Gasteiger partial charge on any atom is 0.197 e. The minimum absolute atomic E-state index is 0.157. The number of anilines is 1. The number of hydrazine groups is 1. The summed E-state index contributed by atoms with van der Waals surface area (Å²) in [6, 6.07) is 0. The molecule has 0 bridgehead atoms. The Labute approximate surface area is 86.5 Å². The molecule has 1 aromatic rings. The second-order valence-corrected chi connectivity index (χ2v) is 4.57. The highest BCUT2D eigenvalue weighted by atomic mass is 32.1. The summed E-state index contributed by atoms with van der Waals surface area (Å²) in [6.07, 6.45) is 2.54. The maximum absolute atomic E-state index is 9.34. The molecular formula is C8H14N4OS. The molecule has 6 heteroatoms. The smallest absolute Gasteiger partial charge is 0.197 e. The quantitative estimate of drug-likeness (QED) is 0.487. The molecule has 1 aromatic heterocycles. The van der Waals surface area contributed by atoms with E-state index in [-0.39, 0.29) is 6.10 Å². The highest BCUT2D eigenvalue weighted by molar-refractivity contribution is 7.15. The van der Waals surface area contributed by atoms with Gasteiger partial charge in [0, 0.05) is 30.7 Å². The molecule has 1 aliphatic heterocycles. The second kappa shape index (κ2) is 4.22. The van der Waals surface area contributed by atoms with Crippen molar-refractivity contribution in [1.82, 2.24) is 9.88 Å². The van der Waals surface area contributed by atoms with Gasteiger partial charge in [-0.25, -0.2) is 10.8 Å². The van der Waals surface area contributed by atoms with Crippen LogP contribution in [0.1, 0.15) is 11.3 Å². The topological polar surface area (TPSA) is 74.4 Å². The number of thiazole rings is 1. The number of β-amino-alcohol motifs (C(OH)–C–C–N with tert-alkyl or cyclic N) is 1. The van der Waals surface area contributed by atoms with Crippen LogP contribution >= 0.6 is 11.3 Å². The molecule has 78 valence electrons. The predicted octanol–water partition coefficient (Wildman–Crippen LogP) is -0.00470. The molecule has 4 N–H and O–H groups in total. The number of aliphatic hydroxyl groups is 1. The Morgan fingerprint density at radius 1 is 1.79 bits per heavy atom. The van der Waals surface area contributed by atoms with E-state index < -0.39 is 0 Å². The molecule has 1 atom stereocenters. The van der Waals surface area contributed by atoms with Crippen LogP contribution in [-0.4, -0.2) is 34.2 Å². The van der Waals surface area contributed by atoms with Gasteiger partial charge in [-0.1, -0.05) is 11.3 Å². The minimum Gasteiger partial charge on any atom is -0.392 e. The van der Waals surface area contributed by atoms with Gasteiger partial charge >= 0.3 is 0 Å². The fourth-order valence-corrected chi connectivity index (χ4v) is 2.39. The Kier molecular flexibility index (Phi) is 2.97. The summed E-state index contributed by atoms with van der Waals surface area (Å²) >= 11 is 1.55. The number of nitrogen functional groups attached to an aromatic ring is 1. The number of rotatable bonds is 3. The van der Waals surface area contributed by atoms with E-state index in [4.69, 9.17) is 5.84 Å². The van der Waals surface area contributed by atoms with Crippen LogP contribution in [0.2, 0.25) is 0 Å². The van der Waals surface area contributed by atoms with Crippen LogP contribution in [-0.2, 0) is 6.54 Å². The Balaban J connectivity index is 1.90. The summed E-state index contributed by atoms with van der Waals surface area (Å²) in [6.45, 7) is 2.59. The molecule has 0 aliphatic carbocycles. The van der Waals surface area contributed by atoms with Gasteiger partial charge in [0.25, 0.3) is 0 Å². The third kappa shape index (κ3) is 2.21. The standard InChI is InChI=1S/C8H14N4OS/c9-11-8-10-3-7(14-8)5-12-2-1-6(13)4-12/h3,6,13H,1-2,4-5,9H2,(H,10,11). The molecule has 2 heterocycles. The number of aliphatic hydroxyl groups excluding tert-OH is 1. The lowest BCUT2D eigenvalue weighted by Gasteiger charge is -2.12. The van der Waals surface area contributed by atoms with Crippen molar-refractivity contribution in [2.45, 2.75) is 19.1 Å². The van der Waals surface area contributed by atoms with Crippen LogP contribution < -0.4 is 11.3 Å². The highest BCUT2D eigenvalue weighted by Gasteiger charge is 2.20. The second-order valence-electron chi connectivity index (χ2n) is 3.45. The van der Waals surface area contributed by atoms with E-state index in [1.807, 2.05) is 6.20 Å². The lowest BCUT2D eigenvalue weighted by atomic mass is 10.3. The number of hydrogen-bond donors (Lipinski definition) is 3. The summed E-state index contributed by atoms with van der Waals surface area (Å²) in [5.74, 6) is 5.24. The summed E-state index contributed by atoms with van der Waals surface area (Å²) < 4.78 is 0. The van der Waals surface area contributed by atoms with Crippen LogP contribution in [0.4, 0.5) is 5.13 Å². The molecule has 0 aromatic carbocycles. The molecule has 2 rings (SSSR count). The van der Waals surface area contributed by atoms with E-state index in [1.165, 1.54) is 4.88 Å². The molecule has 1 fully saturated rings. The van der Waals surface area contributed by atoms with E-state index >= 15 is 0 Å². The van der Waals surface area contributed by atoms with Gasteiger partial charge in [-0.05, 0) is 6.42 Å². The van der Waals surface area contributed by atoms with Gasteiger partial charge in [-0.2, -0.15) is 0 Å². The lowest BCUT2D eigenvalue weighted by Crippen LogP contribution is -2.20. The first kappa shape index (κ1) is 9.85. The number of nitrogens with two attached hydrogens (primary N) is 1. The van der Waals surface area contributed by atoms with Gasteiger partial charge in [0.15, 0.2) is 5.13 Å². The first-order valence-corrected chi connectivity index (χ1v) is 5.41. The van der Waals surface area contributed by atoms with Crippen LogP contribution in [0.3, 0.4) is 0 Å². The van der Waals surface area contributed by atoms with E-state index in [0.717, 1.165) is 31.2 Å². The van der Waals surface area contributed by atoms with Gasteiger partial charge in [0.1, 0.15) is 0 Å². The molecule has 0 saturated carbocycles. The zero-order chi connectivity index (χ0) is 9.97. The summed E-state index contributed by atoms with van der Waals surface area (Å²) in [4.78, 5) is 7.48. The number of likely N-dealkylation sites (tertiary alicyclic amines) is 1. The SMILES string of the molecule is NNc1ncc(CN2CCC(O)C2)s1. The highest BCUT2D eigenvalue weighted by Crippen LogP contribution is 2.20. The fraction of sp³-hybridized carbons (Fsp3) is 0.625. The molecule has 1 aliphatic rings. The largest absolute Gasteiger partial charge is 0.392 e. The zero-order valence-electron chi connectivity index (χ0n) is 7.81. The van der Waals surface area contributed by atoms with Gasteiger partial charge < -0.3 is 5.11 Å². The Morgan fingerprint density at radius 3 is 3.21 bits per heavy atom. The van der Waals surface area contributed by atoms with Crippen molar-refractivity contribution in [3.05, 3.63) is 11.1 Å². The van der Waals surface area contributed by atoms with Crippen molar-refractivity contribution in [1.29, 1.82) is 0 Å². The number of nitrogens with one attached hydrogen (secondary N) is 1. The molecule has 5 nitrogen and oxygen atoms in total. The van der Waals surface area contributed by atoms with Crippen molar-refractivity contribution in [2.24, 2.45) is 5.84 Å². The first-order chi connectivity index (χ1) is 6.78. The number of hydrogen-bond acceptors (Lipinski definition) is 6. The van der Waals surface area contributed by atoms with Crippen LogP contribution in [0.25, 0.3) is 0 Å². The lowest BCUT2D eigenvalue weighted by molar-refractivity contribution is 0.175. The summed E-state index contributed by atoms with van der Waals surface area (Å²) in [7, 11) is 0. The van der Waals surface area contributed by atoms with Crippen molar-refractivity contribution in [2.75, 3.05) is 18.5 Å². The first-order valence-electron chi connectivity index (χ1n) is 4.59. The average Bonchev–Trinajstić information content (AvgIpc) is 2.76. The molecule has 0 amide bonds. The van der Waals surface area contributed by atoms with Crippen molar-refractivity contribution in [3.8, 4) is 0 Å². The summed E-state index contributed by atoms with van der Waals surface area (Å²) in [5, 5.41) is 10.1. The zero-order valence-corrected chi connectivity index (χ0v) is 8.63. The van der Waals surface area contributed by atoms with Crippen LogP contribution in [0.5, 0.6) is 0 Å². The summed E-state index contributed by atoms with van der Waals surface area (Å²) in [5.41, 5.74) is 2.52. The Bertz CT molecular complexity index is 303. The van der Waals surface area contributed by atoms with Gasteiger partial charge in [0.05, 0.1) is 6.10 Å². The normalized spacial score (nSPS) is 22.9. The van der Waals surface area contributed by atoms with E-state index in [9.17, 15) is 5.11 Å². The average molecular weight is 214 g/mol. The van der Waals surface area contributed by atoms with Gasteiger partial charge in [0.2, 0.25) is 0 Å². The fourth-order valence-electron chi connectivity index (χ4n) is 1.62. The van der Waals surface area contributed by atoms with Crippen LogP contribution in [0, 0.1) is 0 Å². The Morgan fingerprint density at radius 2 is 2.64 bits per heavy atom. The van der Waals surface area contributed by atoms with E-state index in [1.54, 1.807) is 11.3 Å². The molecule has 0 radical (unpaired) electrons. The predicted molar refractivity (Wildman–Crippen MR) is 55.8 cm³/mol. The van der Waals surface area contributed by atoms with Crippen molar-refractivity contribution in [3.63, 3.8) is 0 Å². The van der Waals surface area contributed by atoms with Crippen molar-refractivity contribution < 1.29 is 5.11 Å². The maximum atomic E-state index is 9.34. The monoisotopic (exact) mass is 214 g/mol. The van der Waals surface area contributed by atoms with E-state index in [2.05, 4.69) is 15.3 Å². The van der Waals surface area contributed by atoms with Crippen molar-refractivity contribution >= 4 is 16.5 Å². The third-order valence-corrected chi connectivity index (χ3v) is 3.22. The number of nitrogens with zero attached hydrogens (tertiary/aromatic N) is 2. The molecule has 0 spiro atoms. The van der Waals surface area contributed by atoms with Crippen LogP contribution in [0.15, 0.2) is 6.20 Å². The van der Waals surface area contributed by atoms with Gasteiger partial charge in [-0.3, -0.25) is 10.3 Å². The molecular weight excluding hydrogens is 200 g/mol. The van der Waals surface area contributed by atoms with E-state index in [0.29, 0.717) is 0 Å². The molecule has 1 saturated heterocycles. The third-order valence-electron chi connectivity index (χ3n) is 2.30. The Hall–Kier alpha value is -0.690. The number of aromatic nitrogens is 1. The molecule has 1 unspecified atom stereocenters.